The van der Waals surface area contributed by atoms with Gasteiger partial charge < -0.3 is 4.74 Å². The van der Waals surface area contributed by atoms with E-state index in [0.717, 1.165) is 22.6 Å². The fourth-order valence-corrected chi connectivity index (χ4v) is 5.45. The van der Waals surface area contributed by atoms with Crippen molar-refractivity contribution < 1.29 is 13.2 Å². The second-order valence-corrected chi connectivity index (χ2v) is 9.35. The van der Waals surface area contributed by atoms with Crippen LogP contribution in [0.3, 0.4) is 0 Å². The maximum absolute atomic E-state index is 12.5. The predicted molar refractivity (Wildman–Crippen MR) is 88.7 cm³/mol. The Bertz CT molecular complexity index is 709. The summed E-state index contributed by atoms with van der Waals surface area (Å²) >= 11 is 10.2. The first-order valence-corrected chi connectivity index (χ1v) is 9.31. The van der Waals surface area contributed by atoms with Crippen LogP contribution in [0.25, 0.3) is 0 Å². The number of nitrogens with zero attached hydrogens (tertiary/aromatic N) is 1. The van der Waals surface area contributed by atoms with Gasteiger partial charge in [-0.25, -0.2) is 8.42 Å². The van der Waals surface area contributed by atoms with Crippen molar-refractivity contribution in [2.75, 3.05) is 14.2 Å². The lowest BCUT2D eigenvalue weighted by atomic mass is 10.2. The first kappa shape index (κ1) is 16.8. The first-order chi connectivity index (χ1) is 9.84. The summed E-state index contributed by atoms with van der Waals surface area (Å²) in [6.07, 6.45) is 0. The fourth-order valence-electron chi connectivity index (χ4n) is 1.68. The maximum Gasteiger partial charge on any atom is 0.252 e. The number of rotatable bonds is 5. The van der Waals surface area contributed by atoms with Crippen LogP contribution in [0, 0.1) is 0 Å². The van der Waals surface area contributed by atoms with Crippen molar-refractivity contribution in [2.45, 2.75) is 10.8 Å². The molecule has 0 amide bonds. The van der Waals surface area contributed by atoms with Gasteiger partial charge in [0.05, 0.1) is 15.9 Å². The molecule has 114 valence electrons. The molecular weight excluding hydrogens is 398 g/mol. The van der Waals surface area contributed by atoms with Gasteiger partial charge in [-0.15, -0.1) is 11.3 Å². The zero-order valence-electron chi connectivity index (χ0n) is 11.3. The molecule has 2 aromatic rings. The molecular formula is C13H13BrClNO3S2. The number of hydrogen-bond donors (Lipinski definition) is 0. The molecule has 0 bridgehead atoms. The van der Waals surface area contributed by atoms with E-state index in [1.54, 1.807) is 26.3 Å². The van der Waals surface area contributed by atoms with E-state index in [9.17, 15) is 8.42 Å². The van der Waals surface area contributed by atoms with Crippen molar-refractivity contribution in [3.63, 3.8) is 0 Å². The van der Waals surface area contributed by atoms with Crippen molar-refractivity contribution in [1.82, 2.24) is 4.31 Å². The Morgan fingerprint density at radius 2 is 1.95 bits per heavy atom. The molecule has 0 spiro atoms. The van der Waals surface area contributed by atoms with Crippen LogP contribution in [0.1, 0.15) is 5.56 Å². The van der Waals surface area contributed by atoms with Crippen molar-refractivity contribution >= 4 is 48.9 Å². The van der Waals surface area contributed by atoms with Gasteiger partial charge in [0.1, 0.15) is 9.96 Å². The molecule has 0 saturated heterocycles. The van der Waals surface area contributed by atoms with E-state index in [4.69, 9.17) is 16.3 Å². The number of halogens is 2. The molecule has 8 heteroatoms. The van der Waals surface area contributed by atoms with E-state index in [1.807, 2.05) is 12.1 Å². The molecule has 1 aromatic heterocycles. The van der Waals surface area contributed by atoms with Crippen LogP contribution in [-0.2, 0) is 16.6 Å². The molecule has 0 fully saturated rings. The molecule has 0 aliphatic rings. The standard InChI is InChI=1S/C13H13BrClNO3S2/c1-16(8-9-3-5-10(19-2)6-4-9)21(17,18)12-7-11(15)13(14)20-12/h3-7H,8H2,1-2H3. The van der Waals surface area contributed by atoms with E-state index in [1.165, 1.54) is 10.4 Å². The van der Waals surface area contributed by atoms with Crippen molar-refractivity contribution in [3.8, 4) is 5.75 Å². The highest BCUT2D eigenvalue weighted by Gasteiger charge is 2.24. The summed E-state index contributed by atoms with van der Waals surface area (Å²) in [5, 5.41) is 0.399. The quantitative estimate of drug-likeness (QED) is 0.748. The molecule has 2 rings (SSSR count). The minimum Gasteiger partial charge on any atom is -0.497 e. The van der Waals surface area contributed by atoms with E-state index in [0.29, 0.717) is 8.81 Å². The number of hydrogen-bond acceptors (Lipinski definition) is 4. The highest BCUT2D eigenvalue weighted by atomic mass is 79.9. The van der Waals surface area contributed by atoms with Crippen LogP contribution in [0.4, 0.5) is 0 Å². The highest BCUT2D eigenvalue weighted by Crippen LogP contribution is 2.35. The van der Waals surface area contributed by atoms with Crippen molar-refractivity contribution in [3.05, 3.63) is 44.7 Å². The fraction of sp³-hybridized carbons (Fsp3) is 0.231. The first-order valence-electron chi connectivity index (χ1n) is 5.88. The molecule has 0 unspecified atom stereocenters. The lowest BCUT2D eigenvalue weighted by Gasteiger charge is -2.16. The predicted octanol–water partition coefficient (Wildman–Crippen LogP) is 3.99. The SMILES string of the molecule is COc1ccc(CN(C)S(=O)(=O)c2cc(Cl)c(Br)s2)cc1. The Morgan fingerprint density at radius 3 is 2.43 bits per heavy atom. The third-order valence-electron chi connectivity index (χ3n) is 2.85. The highest BCUT2D eigenvalue weighted by molar-refractivity contribution is 9.11. The summed E-state index contributed by atoms with van der Waals surface area (Å²) in [6, 6.07) is 8.73. The van der Waals surface area contributed by atoms with Crippen LogP contribution >= 0.6 is 38.9 Å². The molecule has 0 aliphatic carbocycles. The smallest absolute Gasteiger partial charge is 0.252 e. The Morgan fingerprint density at radius 1 is 1.33 bits per heavy atom. The molecule has 0 saturated carbocycles. The van der Waals surface area contributed by atoms with Crippen LogP contribution in [-0.4, -0.2) is 26.9 Å². The minimum absolute atomic E-state index is 0.218. The third-order valence-corrected chi connectivity index (χ3v) is 7.58. The lowest BCUT2D eigenvalue weighted by Crippen LogP contribution is -2.25. The maximum atomic E-state index is 12.5. The Hall–Kier alpha value is -0.600. The van der Waals surface area contributed by atoms with E-state index in [-0.39, 0.29) is 10.8 Å². The average molecular weight is 411 g/mol. The normalized spacial score (nSPS) is 11.9. The summed E-state index contributed by atoms with van der Waals surface area (Å²) in [5.41, 5.74) is 0.878. The monoisotopic (exact) mass is 409 g/mol. The summed E-state index contributed by atoms with van der Waals surface area (Å²) in [7, 11) is -0.418. The Balaban J connectivity index is 2.19. The minimum atomic E-state index is -3.55. The Labute approximate surface area is 141 Å². The summed E-state index contributed by atoms with van der Waals surface area (Å²) in [5.74, 6) is 0.734. The summed E-state index contributed by atoms with van der Waals surface area (Å²) in [4.78, 5) is 0. The number of sulfonamides is 1. The molecule has 4 nitrogen and oxygen atoms in total. The van der Waals surface area contributed by atoms with Gasteiger partial charge in [0.25, 0.3) is 10.0 Å². The topological polar surface area (TPSA) is 46.6 Å². The van der Waals surface area contributed by atoms with Crippen LogP contribution in [0.15, 0.2) is 38.3 Å². The van der Waals surface area contributed by atoms with Crippen LogP contribution in [0.2, 0.25) is 5.02 Å². The number of benzene rings is 1. The summed E-state index contributed by atoms with van der Waals surface area (Å²) < 4.78 is 32.1. The molecule has 0 aliphatic heterocycles. The Kier molecular flexibility index (Phi) is 5.32. The molecule has 0 radical (unpaired) electrons. The van der Waals surface area contributed by atoms with Gasteiger partial charge in [-0.05, 0) is 39.7 Å². The molecule has 0 N–H and O–H groups in total. The largest absolute Gasteiger partial charge is 0.497 e. The van der Waals surface area contributed by atoms with Gasteiger partial charge in [0.2, 0.25) is 0 Å². The molecule has 0 atom stereocenters. The van der Waals surface area contributed by atoms with Crippen LogP contribution in [0.5, 0.6) is 5.75 Å². The lowest BCUT2D eigenvalue weighted by molar-refractivity contribution is 0.414. The van der Waals surface area contributed by atoms with E-state index >= 15 is 0 Å². The van der Waals surface area contributed by atoms with Crippen molar-refractivity contribution in [1.29, 1.82) is 0 Å². The second-order valence-electron chi connectivity index (χ2n) is 4.30. The van der Waals surface area contributed by atoms with Crippen molar-refractivity contribution in [2.24, 2.45) is 0 Å². The average Bonchev–Trinajstić information content (AvgIpc) is 2.80. The summed E-state index contributed by atoms with van der Waals surface area (Å²) in [6.45, 7) is 0.277. The second kappa shape index (κ2) is 6.66. The van der Waals surface area contributed by atoms with E-state index in [2.05, 4.69) is 15.9 Å². The van der Waals surface area contributed by atoms with Gasteiger partial charge in [0.15, 0.2) is 0 Å². The number of thiophene rings is 1. The number of ether oxygens (including phenoxy) is 1. The van der Waals surface area contributed by atoms with Gasteiger partial charge in [-0.3, -0.25) is 0 Å². The van der Waals surface area contributed by atoms with Gasteiger partial charge in [-0.2, -0.15) is 4.31 Å². The molecule has 1 aromatic carbocycles. The van der Waals surface area contributed by atoms with Gasteiger partial charge in [-0.1, -0.05) is 23.7 Å². The number of methoxy groups -OCH3 is 1. The van der Waals surface area contributed by atoms with Gasteiger partial charge >= 0.3 is 0 Å². The molecule has 1 heterocycles. The third kappa shape index (κ3) is 3.78. The zero-order valence-corrected chi connectivity index (χ0v) is 15.3. The zero-order chi connectivity index (χ0) is 15.6. The molecule has 21 heavy (non-hydrogen) atoms. The van der Waals surface area contributed by atoms with Crippen LogP contribution < -0.4 is 4.74 Å². The van der Waals surface area contributed by atoms with Gasteiger partial charge in [0, 0.05) is 13.6 Å². The van der Waals surface area contributed by atoms with E-state index < -0.39 is 10.0 Å².